The van der Waals surface area contributed by atoms with E-state index in [1.54, 1.807) is 29.4 Å². The van der Waals surface area contributed by atoms with Crippen molar-refractivity contribution < 1.29 is 9.18 Å². The van der Waals surface area contributed by atoms with Crippen molar-refractivity contribution >= 4 is 23.2 Å². The summed E-state index contributed by atoms with van der Waals surface area (Å²) >= 11 is 5.56. The number of carbonyl (C=O) groups excluding carboxylic acids is 1. The maximum atomic E-state index is 14.4. The first-order valence-corrected chi connectivity index (χ1v) is 7.88. The molecular formula is C16H16ClFN4O. The molecule has 1 amide bonds. The van der Waals surface area contributed by atoms with Crippen LogP contribution in [0, 0.1) is 5.82 Å². The Hall–Kier alpha value is -2.21. The van der Waals surface area contributed by atoms with Crippen LogP contribution in [0.2, 0.25) is 0 Å². The first-order valence-electron chi connectivity index (χ1n) is 7.34. The van der Waals surface area contributed by atoms with Crippen LogP contribution in [0.15, 0.2) is 36.7 Å². The zero-order valence-corrected chi connectivity index (χ0v) is 13.2. The fourth-order valence-electron chi connectivity index (χ4n) is 2.63. The molecule has 0 spiro atoms. The highest BCUT2D eigenvalue weighted by Gasteiger charge is 2.22. The molecule has 0 radical (unpaired) electrons. The highest BCUT2D eigenvalue weighted by Crippen LogP contribution is 2.25. The summed E-state index contributed by atoms with van der Waals surface area (Å²) in [7, 11) is 0. The molecule has 0 N–H and O–H groups in total. The lowest BCUT2D eigenvalue weighted by Crippen LogP contribution is -2.49. The molecule has 1 aromatic carbocycles. The fourth-order valence-corrected chi connectivity index (χ4v) is 2.80. The summed E-state index contributed by atoms with van der Waals surface area (Å²) in [5, 5.41) is 0. The molecular weight excluding hydrogens is 319 g/mol. The van der Waals surface area contributed by atoms with Crippen molar-refractivity contribution in [2.75, 3.05) is 37.0 Å². The summed E-state index contributed by atoms with van der Waals surface area (Å²) in [4.78, 5) is 23.4. The smallest absolute Gasteiger partial charge is 0.237 e. The van der Waals surface area contributed by atoms with Crippen molar-refractivity contribution in [2.45, 2.75) is 0 Å². The third-order valence-corrected chi connectivity index (χ3v) is 4.09. The number of benzene rings is 1. The van der Waals surface area contributed by atoms with Gasteiger partial charge < -0.3 is 9.80 Å². The van der Waals surface area contributed by atoms with Crippen LogP contribution in [0.4, 0.5) is 10.1 Å². The average Bonchev–Trinajstić information content (AvgIpc) is 2.62. The van der Waals surface area contributed by atoms with Crippen molar-refractivity contribution in [2.24, 2.45) is 0 Å². The van der Waals surface area contributed by atoms with E-state index >= 15 is 0 Å². The first kappa shape index (κ1) is 15.7. The number of aromatic nitrogens is 2. The minimum absolute atomic E-state index is 0.0138. The average molecular weight is 335 g/mol. The van der Waals surface area contributed by atoms with Crippen molar-refractivity contribution in [3.05, 3.63) is 42.5 Å². The molecule has 5 nitrogen and oxygen atoms in total. The van der Waals surface area contributed by atoms with Gasteiger partial charge in [0.1, 0.15) is 11.7 Å². The van der Waals surface area contributed by atoms with Gasteiger partial charge in [-0.3, -0.25) is 4.79 Å². The van der Waals surface area contributed by atoms with E-state index in [-0.39, 0.29) is 17.6 Å². The van der Waals surface area contributed by atoms with Gasteiger partial charge in [0.15, 0.2) is 5.82 Å². The minimum Gasteiger partial charge on any atom is -0.366 e. The molecule has 0 bridgehead atoms. The summed E-state index contributed by atoms with van der Waals surface area (Å²) in [6.45, 7) is 2.27. The van der Waals surface area contributed by atoms with Crippen LogP contribution in [0.25, 0.3) is 11.4 Å². The Bertz CT molecular complexity index is 690. The van der Waals surface area contributed by atoms with Gasteiger partial charge in [0.25, 0.3) is 0 Å². The van der Waals surface area contributed by atoms with E-state index in [2.05, 4.69) is 9.97 Å². The molecule has 120 valence electrons. The number of amides is 1. The molecule has 0 atom stereocenters. The second-order valence-electron chi connectivity index (χ2n) is 5.24. The Morgan fingerprint density at radius 2 is 1.87 bits per heavy atom. The van der Waals surface area contributed by atoms with Crippen LogP contribution in [-0.4, -0.2) is 52.8 Å². The Morgan fingerprint density at radius 1 is 1.17 bits per heavy atom. The van der Waals surface area contributed by atoms with E-state index < -0.39 is 0 Å². The molecule has 1 aliphatic heterocycles. The second kappa shape index (κ2) is 6.91. The molecule has 1 aliphatic rings. The normalized spacial score (nSPS) is 14.9. The van der Waals surface area contributed by atoms with Crippen LogP contribution >= 0.6 is 11.6 Å². The number of anilines is 1. The Morgan fingerprint density at radius 3 is 2.48 bits per heavy atom. The monoisotopic (exact) mass is 334 g/mol. The van der Waals surface area contributed by atoms with Crippen molar-refractivity contribution in [1.82, 2.24) is 14.9 Å². The molecule has 0 unspecified atom stereocenters. The molecule has 1 fully saturated rings. The van der Waals surface area contributed by atoms with E-state index in [0.29, 0.717) is 43.3 Å². The largest absolute Gasteiger partial charge is 0.366 e. The number of halogens is 2. The summed E-state index contributed by atoms with van der Waals surface area (Å²) in [6, 6.07) is 6.71. The van der Waals surface area contributed by atoms with Gasteiger partial charge in [-0.25, -0.2) is 14.4 Å². The molecule has 2 aromatic rings. The third-order valence-electron chi connectivity index (χ3n) is 3.86. The summed E-state index contributed by atoms with van der Waals surface area (Å²) in [6.07, 6.45) is 3.25. The van der Waals surface area contributed by atoms with Gasteiger partial charge >= 0.3 is 0 Å². The molecule has 2 heterocycles. The van der Waals surface area contributed by atoms with E-state index in [9.17, 15) is 9.18 Å². The number of hydrogen-bond acceptors (Lipinski definition) is 4. The van der Waals surface area contributed by atoms with Crippen LogP contribution in [0.1, 0.15) is 0 Å². The Labute approximate surface area is 138 Å². The molecule has 3 rings (SSSR count). The van der Waals surface area contributed by atoms with Gasteiger partial charge in [-0.2, -0.15) is 0 Å². The van der Waals surface area contributed by atoms with Crippen LogP contribution in [-0.2, 0) is 4.79 Å². The van der Waals surface area contributed by atoms with E-state index in [4.69, 9.17) is 11.6 Å². The number of carbonyl (C=O) groups is 1. The molecule has 0 aliphatic carbocycles. The number of nitrogens with zero attached hydrogens (tertiary/aromatic N) is 4. The molecule has 0 saturated carbocycles. The number of hydrogen-bond donors (Lipinski definition) is 0. The lowest BCUT2D eigenvalue weighted by Gasteiger charge is -2.36. The molecule has 23 heavy (non-hydrogen) atoms. The summed E-state index contributed by atoms with van der Waals surface area (Å²) in [5.41, 5.74) is 1.17. The quantitative estimate of drug-likeness (QED) is 0.807. The lowest BCUT2D eigenvalue weighted by atomic mass is 10.1. The van der Waals surface area contributed by atoms with E-state index in [0.717, 1.165) is 0 Å². The maximum absolute atomic E-state index is 14.4. The predicted molar refractivity (Wildman–Crippen MR) is 86.9 cm³/mol. The Kier molecular flexibility index (Phi) is 4.71. The zero-order chi connectivity index (χ0) is 16.2. The predicted octanol–water partition coefficient (Wildman–Crippen LogP) is 2.17. The van der Waals surface area contributed by atoms with Crippen molar-refractivity contribution in [1.29, 1.82) is 0 Å². The highest BCUT2D eigenvalue weighted by atomic mass is 35.5. The first-order chi connectivity index (χ1) is 11.2. The number of alkyl halides is 1. The SMILES string of the molecule is O=C(CCl)N1CCN(c2ccc(-c3ncccn3)cc2F)CC1. The zero-order valence-electron chi connectivity index (χ0n) is 12.5. The van der Waals surface area contributed by atoms with Crippen LogP contribution < -0.4 is 4.90 Å². The van der Waals surface area contributed by atoms with E-state index in [1.807, 2.05) is 11.0 Å². The molecule has 1 aromatic heterocycles. The highest BCUT2D eigenvalue weighted by molar-refractivity contribution is 6.27. The van der Waals surface area contributed by atoms with Gasteiger partial charge in [-0.15, -0.1) is 11.6 Å². The van der Waals surface area contributed by atoms with Crippen LogP contribution in [0.3, 0.4) is 0 Å². The molecule has 7 heteroatoms. The van der Waals surface area contributed by atoms with Crippen LogP contribution in [0.5, 0.6) is 0 Å². The van der Waals surface area contributed by atoms with Crippen molar-refractivity contribution in [3.63, 3.8) is 0 Å². The Balaban J connectivity index is 1.74. The summed E-state index contributed by atoms with van der Waals surface area (Å²) < 4.78 is 14.4. The second-order valence-corrected chi connectivity index (χ2v) is 5.51. The number of piperazine rings is 1. The van der Waals surface area contributed by atoms with Crippen molar-refractivity contribution in [3.8, 4) is 11.4 Å². The third kappa shape index (κ3) is 3.42. The minimum atomic E-state index is -0.313. The lowest BCUT2D eigenvalue weighted by molar-refractivity contribution is -0.128. The topological polar surface area (TPSA) is 49.3 Å². The fraction of sp³-hybridized carbons (Fsp3) is 0.312. The maximum Gasteiger partial charge on any atom is 0.237 e. The standard InChI is InChI=1S/C16H16ClFN4O/c17-11-15(23)22-8-6-21(7-9-22)14-3-2-12(10-13(14)18)16-19-4-1-5-20-16/h1-5,10H,6-9,11H2. The van der Waals surface area contributed by atoms with E-state index in [1.165, 1.54) is 6.07 Å². The van der Waals surface area contributed by atoms with Gasteiger partial charge in [0.05, 0.1) is 5.69 Å². The summed E-state index contributed by atoms with van der Waals surface area (Å²) in [5.74, 6) is 0.0889. The van der Waals surface area contributed by atoms with Gasteiger partial charge in [0.2, 0.25) is 5.91 Å². The number of rotatable bonds is 3. The van der Waals surface area contributed by atoms with Gasteiger partial charge in [0, 0.05) is 44.1 Å². The molecule has 1 saturated heterocycles. The van der Waals surface area contributed by atoms with Gasteiger partial charge in [-0.05, 0) is 24.3 Å². The van der Waals surface area contributed by atoms with Gasteiger partial charge in [-0.1, -0.05) is 0 Å².